The van der Waals surface area contributed by atoms with Gasteiger partial charge in [0.1, 0.15) is 0 Å². The van der Waals surface area contributed by atoms with Gasteiger partial charge < -0.3 is 5.73 Å². The minimum absolute atomic E-state index is 0.127. The second kappa shape index (κ2) is 2.62. The molecule has 0 spiro atoms. The first kappa shape index (κ1) is 6.95. The van der Waals surface area contributed by atoms with Crippen molar-refractivity contribution in [2.24, 2.45) is 0 Å². The second-order valence-electron chi connectivity index (χ2n) is 1.60. The van der Waals surface area contributed by atoms with Crippen LogP contribution in [0.4, 0.5) is 5.95 Å². The molecule has 52 valence electrons. The molecule has 0 saturated carbocycles. The molecule has 1 aromatic rings. The Bertz CT molecular complexity index is 246. The van der Waals surface area contributed by atoms with E-state index in [0.29, 0.717) is 0 Å². The van der Waals surface area contributed by atoms with Gasteiger partial charge in [-0.2, -0.15) is 0 Å². The third kappa shape index (κ3) is 1.41. The van der Waals surface area contributed by atoms with Crippen molar-refractivity contribution in [2.45, 2.75) is 0 Å². The van der Waals surface area contributed by atoms with Crippen molar-refractivity contribution < 1.29 is 4.79 Å². The number of nitrogens with zero attached hydrogens (tertiary/aromatic N) is 2. The number of carbonyl (C=O) groups is 1. The molecule has 0 aliphatic rings. The lowest BCUT2D eigenvalue weighted by atomic mass is 10.4. The summed E-state index contributed by atoms with van der Waals surface area (Å²) < 4.78 is 0. The number of hydrogen-bond donors (Lipinski definition) is 1. The predicted octanol–water partition coefficient (Wildman–Crippen LogP) is 0.438. The van der Waals surface area contributed by atoms with Gasteiger partial charge in [0, 0.05) is 12.4 Å². The Morgan fingerprint density at radius 2 is 2.00 bits per heavy atom. The molecule has 0 amide bonds. The Kier molecular flexibility index (Phi) is 1.82. The summed E-state index contributed by atoms with van der Waals surface area (Å²) in [4.78, 5) is 17.5. The van der Waals surface area contributed by atoms with Crippen LogP contribution in [-0.2, 0) is 0 Å². The van der Waals surface area contributed by atoms with Crippen molar-refractivity contribution in [1.82, 2.24) is 9.97 Å². The number of nitrogens with two attached hydrogens (primary N) is 1. The van der Waals surface area contributed by atoms with Gasteiger partial charge in [0.25, 0.3) is 5.24 Å². The van der Waals surface area contributed by atoms with E-state index in [1.54, 1.807) is 0 Å². The third-order valence-corrected chi connectivity index (χ3v) is 1.12. The Morgan fingerprint density at radius 3 is 2.40 bits per heavy atom. The van der Waals surface area contributed by atoms with Crippen LogP contribution in [0.15, 0.2) is 12.4 Å². The lowest BCUT2D eigenvalue weighted by Gasteiger charge is -1.90. The summed E-state index contributed by atoms with van der Waals surface area (Å²) in [5.41, 5.74) is 5.40. The molecule has 0 atom stereocenters. The second-order valence-corrected chi connectivity index (χ2v) is 1.95. The zero-order valence-corrected chi connectivity index (χ0v) is 5.67. The quantitative estimate of drug-likeness (QED) is 0.601. The fraction of sp³-hybridized carbons (Fsp3) is 0. The van der Waals surface area contributed by atoms with Crippen LogP contribution in [0, 0.1) is 0 Å². The van der Waals surface area contributed by atoms with Crippen molar-refractivity contribution >= 4 is 22.8 Å². The monoisotopic (exact) mass is 157 g/mol. The first-order chi connectivity index (χ1) is 4.70. The fourth-order valence-corrected chi connectivity index (χ4v) is 0.537. The smallest absolute Gasteiger partial charge is 0.255 e. The van der Waals surface area contributed by atoms with Crippen molar-refractivity contribution in [3.63, 3.8) is 0 Å². The van der Waals surface area contributed by atoms with E-state index in [0.717, 1.165) is 0 Å². The molecule has 0 bridgehead atoms. The maximum Gasteiger partial charge on any atom is 0.255 e. The summed E-state index contributed by atoms with van der Waals surface area (Å²) >= 11 is 5.10. The molecule has 0 saturated heterocycles. The molecule has 0 aromatic carbocycles. The minimum Gasteiger partial charge on any atom is -0.368 e. The van der Waals surface area contributed by atoms with Gasteiger partial charge in [0.2, 0.25) is 5.95 Å². The normalized spacial score (nSPS) is 9.30. The van der Waals surface area contributed by atoms with Gasteiger partial charge in [-0.15, -0.1) is 0 Å². The molecule has 2 N–H and O–H groups in total. The average molecular weight is 158 g/mol. The van der Waals surface area contributed by atoms with E-state index in [9.17, 15) is 4.79 Å². The number of nitrogen functional groups attached to an aromatic ring is 1. The van der Waals surface area contributed by atoms with Gasteiger partial charge in [0.15, 0.2) is 0 Å². The SMILES string of the molecule is Nc1ncc(C(=O)Cl)cn1. The highest BCUT2D eigenvalue weighted by Gasteiger charge is 2.00. The molecule has 1 aromatic heterocycles. The Labute approximate surface area is 62.0 Å². The Balaban J connectivity index is 3.00. The Morgan fingerprint density at radius 1 is 1.50 bits per heavy atom. The summed E-state index contributed by atoms with van der Waals surface area (Å²) in [5.74, 6) is 0.127. The first-order valence-corrected chi connectivity index (χ1v) is 2.85. The fourth-order valence-electron chi connectivity index (χ4n) is 0.440. The molecule has 5 heteroatoms. The molecule has 0 aliphatic carbocycles. The van der Waals surface area contributed by atoms with Gasteiger partial charge in [-0.1, -0.05) is 0 Å². The van der Waals surface area contributed by atoms with Crippen LogP contribution < -0.4 is 5.73 Å². The predicted molar refractivity (Wildman–Crippen MR) is 36.6 cm³/mol. The van der Waals surface area contributed by atoms with Crippen molar-refractivity contribution in [2.75, 3.05) is 5.73 Å². The zero-order chi connectivity index (χ0) is 7.56. The van der Waals surface area contributed by atoms with Crippen molar-refractivity contribution in [3.05, 3.63) is 18.0 Å². The van der Waals surface area contributed by atoms with Crippen LogP contribution in [0.25, 0.3) is 0 Å². The van der Waals surface area contributed by atoms with Crippen LogP contribution >= 0.6 is 11.6 Å². The van der Waals surface area contributed by atoms with Crippen LogP contribution in [0.1, 0.15) is 10.4 Å². The summed E-state index contributed by atoms with van der Waals surface area (Å²) in [7, 11) is 0. The van der Waals surface area contributed by atoms with Crippen molar-refractivity contribution in [3.8, 4) is 0 Å². The van der Waals surface area contributed by atoms with Gasteiger partial charge in [0.05, 0.1) is 5.56 Å². The van der Waals surface area contributed by atoms with E-state index in [4.69, 9.17) is 17.3 Å². The van der Waals surface area contributed by atoms with Crippen molar-refractivity contribution in [1.29, 1.82) is 0 Å². The minimum atomic E-state index is -0.583. The van der Waals surface area contributed by atoms with E-state index < -0.39 is 5.24 Å². The molecule has 10 heavy (non-hydrogen) atoms. The number of hydrogen-bond acceptors (Lipinski definition) is 4. The highest BCUT2D eigenvalue weighted by atomic mass is 35.5. The molecule has 0 radical (unpaired) electrons. The van der Waals surface area contributed by atoms with E-state index in [-0.39, 0.29) is 11.5 Å². The van der Waals surface area contributed by atoms with E-state index >= 15 is 0 Å². The van der Waals surface area contributed by atoms with Gasteiger partial charge in [-0.05, 0) is 11.6 Å². The maximum absolute atomic E-state index is 10.4. The number of halogens is 1. The number of anilines is 1. The number of rotatable bonds is 1. The molecule has 0 aliphatic heterocycles. The van der Waals surface area contributed by atoms with E-state index in [1.165, 1.54) is 12.4 Å². The van der Waals surface area contributed by atoms with Gasteiger partial charge in [-0.3, -0.25) is 4.79 Å². The summed E-state index contributed by atoms with van der Waals surface area (Å²) in [5, 5.41) is -0.583. The lowest BCUT2D eigenvalue weighted by Crippen LogP contribution is -1.97. The largest absolute Gasteiger partial charge is 0.368 e. The summed E-state index contributed by atoms with van der Waals surface area (Å²) in [6, 6.07) is 0. The maximum atomic E-state index is 10.4. The lowest BCUT2D eigenvalue weighted by molar-refractivity contribution is 0.108. The first-order valence-electron chi connectivity index (χ1n) is 2.47. The van der Waals surface area contributed by atoms with E-state index in [1.807, 2.05) is 0 Å². The van der Waals surface area contributed by atoms with Crippen LogP contribution in [0.3, 0.4) is 0 Å². The van der Waals surface area contributed by atoms with Gasteiger partial charge >= 0.3 is 0 Å². The van der Waals surface area contributed by atoms with Gasteiger partial charge in [-0.25, -0.2) is 9.97 Å². The molecule has 0 unspecified atom stereocenters. The highest BCUT2D eigenvalue weighted by molar-refractivity contribution is 6.67. The molecular weight excluding hydrogens is 154 g/mol. The average Bonchev–Trinajstić information content (AvgIpc) is 1.88. The third-order valence-electron chi connectivity index (χ3n) is 0.899. The molecular formula is C5H4ClN3O. The molecule has 1 rings (SSSR count). The molecule has 4 nitrogen and oxygen atoms in total. The molecule has 0 fully saturated rings. The standard InChI is InChI=1S/C5H4ClN3O/c6-4(10)3-1-8-5(7)9-2-3/h1-2H,(H2,7,8,9). The summed E-state index contributed by atoms with van der Waals surface area (Å²) in [6.45, 7) is 0. The van der Waals surface area contributed by atoms with Crippen LogP contribution in [-0.4, -0.2) is 15.2 Å². The van der Waals surface area contributed by atoms with E-state index in [2.05, 4.69) is 9.97 Å². The summed E-state index contributed by atoms with van der Waals surface area (Å²) in [6.07, 6.45) is 2.55. The topological polar surface area (TPSA) is 68.9 Å². The number of carbonyl (C=O) groups excluding carboxylic acids is 1. The highest BCUT2D eigenvalue weighted by Crippen LogP contribution is 2.00. The zero-order valence-electron chi connectivity index (χ0n) is 4.91. The van der Waals surface area contributed by atoms with Crippen LogP contribution in [0.5, 0.6) is 0 Å². The number of aromatic nitrogens is 2. The Hall–Kier alpha value is -1.16. The van der Waals surface area contributed by atoms with Crippen LogP contribution in [0.2, 0.25) is 0 Å². The molecule has 1 heterocycles.